The second-order valence-electron chi connectivity index (χ2n) is 5.00. The minimum atomic E-state index is -4.87. The first-order valence-corrected chi connectivity index (χ1v) is 8.34. The van der Waals surface area contributed by atoms with Crippen LogP contribution in [0.15, 0.2) is 30.5 Å². The van der Waals surface area contributed by atoms with Gasteiger partial charge in [0.15, 0.2) is 5.69 Å². The van der Waals surface area contributed by atoms with Gasteiger partial charge in [-0.3, -0.25) is 9.59 Å². The van der Waals surface area contributed by atoms with Gasteiger partial charge in [-0.05, 0) is 24.3 Å². The van der Waals surface area contributed by atoms with Crippen molar-refractivity contribution >= 4 is 23.6 Å². The van der Waals surface area contributed by atoms with Crippen molar-refractivity contribution in [3.8, 4) is 5.69 Å². The molecular weight excluding hydrogens is 378 g/mol. The summed E-state index contributed by atoms with van der Waals surface area (Å²) < 4.78 is 53.7. The van der Waals surface area contributed by atoms with Crippen LogP contribution in [0.1, 0.15) is 16.1 Å². The van der Waals surface area contributed by atoms with Crippen molar-refractivity contribution in [2.24, 2.45) is 0 Å². The smallest absolute Gasteiger partial charge is 0.434 e. The SMILES string of the molecule is O=C(O)CSCCNC(=O)c1cnn(-c2ccc(F)cc2)c1C(F)(F)F. The monoisotopic (exact) mass is 391 g/mol. The van der Waals surface area contributed by atoms with E-state index in [4.69, 9.17) is 5.11 Å². The number of carboxylic acids is 1. The van der Waals surface area contributed by atoms with Gasteiger partial charge in [0.2, 0.25) is 0 Å². The van der Waals surface area contributed by atoms with Crippen molar-refractivity contribution in [3.05, 3.63) is 47.5 Å². The van der Waals surface area contributed by atoms with Gasteiger partial charge < -0.3 is 10.4 Å². The number of carbonyl (C=O) groups excluding carboxylic acids is 1. The third-order valence-electron chi connectivity index (χ3n) is 3.11. The molecule has 26 heavy (non-hydrogen) atoms. The molecule has 11 heteroatoms. The summed E-state index contributed by atoms with van der Waals surface area (Å²) in [4.78, 5) is 22.4. The van der Waals surface area contributed by atoms with E-state index < -0.39 is 35.1 Å². The molecule has 0 bridgehead atoms. The van der Waals surface area contributed by atoms with Crippen molar-refractivity contribution in [2.45, 2.75) is 6.18 Å². The number of hydrogen-bond acceptors (Lipinski definition) is 4. The zero-order chi connectivity index (χ0) is 19.3. The standard InChI is InChI=1S/C15H13F4N3O3S/c16-9-1-3-10(4-2-9)22-13(15(17,18)19)11(7-21-22)14(25)20-5-6-26-8-12(23)24/h1-4,7H,5-6,8H2,(H,20,25)(H,23,24). The number of carbonyl (C=O) groups is 2. The van der Waals surface area contributed by atoms with E-state index in [0.717, 1.165) is 42.2 Å². The molecule has 6 nitrogen and oxygen atoms in total. The van der Waals surface area contributed by atoms with Gasteiger partial charge in [0, 0.05) is 12.3 Å². The fraction of sp³-hybridized carbons (Fsp3) is 0.267. The molecule has 1 aromatic carbocycles. The highest BCUT2D eigenvalue weighted by Gasteiger charge is 2.40. The summed E-state index contributed by atoms with van der Waals surface area (Å²) in [5.74, 6) is -2.58. The van der Waals surface area contributed by atoms with Crippen LogP contribution in [0, 0.1) is 5.82 Å². The van der Waals surface area contributed by atoms with E-state index in [2.05, 4.69) is 10.4 Å². The van der Waals surface area contributed by atoms with Crippen LogP contribution in [0.5, 0.6) is 0 Å². The Hall–Kier alpha value is -2.56. The van der Waals surface area contributed by atoms with Crippen LogP contribution in [0.4, 0.5) is 17.6 Å². The highest BCUT2D eigenvalue weighted by Crippen LogP contribution is 2.33. The first-order chi connectivity index (χ1) is 12.2. The molecule has 1 amide bonds. The highest BCUT2D eigenvalue weighted by molar-refractivity contribution is 7.99. The summed E-state index contributed by atoms with van der Waals surface area (Å²) in [7, 11) is 0. The number of hydrogen-bond donors (Lipinski definition) is 2. The van der Waals surface area contributed by atoms with Gasteiger partial charge in [-0.2, -0.15) is 18.3 Å². The van der Waals surface area contributed by atoms with Crippen LogP contribution in [0.25, 0.3) is 5.69 Å². The largest absolute Gasteiger partial charge is 0.481 e. The van der Waals surface area contributed by atoms with Gasteiger partial charge in [0.1, 0.15) is 5.82 Å². The Balaban J connectivity index is 2.19. The fourth-order valence-corrected chi connectivity index (χ4v) is 2.62. The number of thioether (sulfide) groups is 1. The summed E-state index contributed by atoms with van der Waals surface area (Å²) in [6.45, 7) is -0.00416. The van der Waals surface area contributed by atoms with Gasteiger partial charge in [-0.1, -0.05) is 0 Å². The Bertz CT molecular complexity index is 790. The summed E-state index contributed by atoms with van der Waals surface area (Å²) >= 11 is 1.02. The van der Waals surface area contributed by atoms with E-state index in [0.29, 0.717) is 4.68 Å². The van der Waals surface area contributed by atoms with E-state index >= 15 is 0 Å². The number of nitrogens with zero attached hydrogens (tertiary/aromatic N) is 2. The van der Waals surface area contributed by atoms with Crippen LogP contribution in [-0.2, 0) is 11.0 Å². The molecule has 0 fully saturated rings. The summed E-state index contributed by atoms with van der Waals surface area (Å²) in [5, 5.41) is 14.4. The van der Waals surface area contributed by atoms with Crippen molar-refractivity contribution in [1.29, 1.82) is 0 Å². The quantitative estimate of drug-likeness (QED) is 0.560. The Labute approximate surface area is 149 Å². The number of carboxylic acid groups (broad SMARTS) is 1. The third-order valence-corrected chi connectivity index (χ3v) is 4.05. The third kappa shape index (κ3) is 4.97. The molecular formula is C15H13F4N3O3S. The molecule has 0 aliphatic rings. The molecule has 0 saturated carbocycles. The molecule has 0 radical (unpaired) electrons. The van der Waals surface area contributed by atoms with Crippen molar-refractivity contribution in [3.63, 3.8) is 0 Å². The lowest BCUT2D eigenvalue weighted by Crippen LogP contribution is -2.28. The summed E-state index contributed by atoms with van der Waals surface area (Å²) in [6, 6.07) is 4.19. The normalized spacial score (nSPS) is 11.4. The van der Waals surface area contributed by atoms with E-state index in [-0.39, 0.29) is 23.7 Å². The molecule has 0 spiro atoms. The van der Waals surface area contributed by atoms with Crippen LogP contribution >= 0.6 is 11.8 Å². The van der Waals surface area contributed by atoms with Crippen LogP contribution in [0.3, 0.4) is 0 Å². The summed E-state index contributed by atoms with van der Waals surface area (Å²) in [5.41, 5.74) is -2.00. The van der Waals surface area contributed by atoms with Gasteiger partial charge in [0.25, 0.3) is 5.91 Å². The second-order valence-corrected chi connectivity index (χ2v) is 6.10. The number of amides is 1. The van der Waals surface area contributed by atoms with Crippen LogP contribution in [0.2, 0.25) is 0 Å². The number of nitrogens with one attached hydrogen (secondary N) is 1. The van der Waals surface area contributed by atoms with Crippen LogP contribution in [-0.4, -0.2) is 44.8 Å². The van der Waals surface area contributed by atoms with E-state index in [1.807, 2.05) is 0 Å². The zero-order valence-corrected chi connectivity index (χ0v) is 13.9. The topological polar surface area (TPSA) is 84.2 Å². The number of rotatable bonds is 7. The number of aromatic nitrogens is 2. The Kier molecular flexibility index (Phi) is 6.24. The van der Waals surface area contributed by atoms with Gasteiger partial charge in [0.05, 0.1) is 23.2 Å². The fourth-order valence-electron chi connectivity index (χ4n) is 2.06. The Morgan fingerprint density at radius 3 is 2.46 bits per heavy atom. The molecule has 2 aromatic rings. The predicted molar refractivity (Wildman–Crippen MR) is 85.8 cm³/mol. The molecule has 0 unspecified atom stereocenters. The molecule has 1 aromatic heterocycles. The zero-order valence-electron chi connectivity index (χ0n) is 13.1. The molecule has 0 atom stereocenters. The van der Waals surface area contributed by atoms with E-state index in [1.54, 1.807) is 0 Å². The molecule has 2 N–H and O–H groups in total. The number of alkyl halides is 3. The van der Waals surface area contributed by atoms with E-state index in [9.17, 15) is 27.2 Å². The molecule has 0 aliphatic heterocycles. The minimum absolute atomic E-state index is 0.00416. The molecule has 0 aliphatic carbocycles. The molecule has 2 rings (SSSR count). The molecule has 1 heterocycles. The first kappa shape index (κ1) is 19.8. The van der Waals surface area contributed by atoms with Crippen molar-refractivity contribution in [1.82, 2.24) is 15.1 Å². The average Bonchev–Trinajstić information content (AvgIpc) is 3.00. The number of halogens is 4. The molecule has 0 saturated heterocycles. The van der Waals surface area contributed by atoms with Gasteiger partial charge >= 0.3 is 12.1 Å². The maximum Gasteiger partial charge on any atom is 0.434 e. The summed E-state index contributed by atoms with van der Waals surface area (Å²) in [6.07, 6.45) is -4.08. The number of aliphatic carboxylic acids is 1. The highest BCUT2D eigenvalue weighted by atomic mass is 32.2. The van der Waals surface area contributed by atoms with E-state index in [1.165, 1.54) is 0 Å². The maximum atomic E-state index is 13.4. The van der Waals surface area contributed by atoms with Gasteiger partial charge in [-0.25, -0.2) is 9.07 Å². The Morgan fingerprint density at radius 1 is 1.23 bits per heavy atom. The second kappa shape index (κ2) is 8.21. The van der Waals surface area contributed by atoms with Crippen molar-refractivity contribution < 1.29 is 32.3 Å². The maximum absolute atomic E-state index is 13.4. The van der Waals surface area contributed by atoms with Crippen molar-refractivity contribution in [2.75, 3.05) is 18.1 Å². The molecule has 140 valence electrons. The van der Waals surface area contributed by atoms with Crippen LogP contribution < -0.4 is 5.32 Å². The predicted octanol–water partition coefficient (Wildman–Crippen LogP) is 2.58. The number of benzene rings is 1. The minimum Gasteiger partial charge on any atom is -0.481 e. The lowest BCUT2D eigenvalue weighted by Gasteiger charge is -2.13. The average molecular weight is 391 g/mol. The Morgan fingerprint density at radius 2 is 1.88 bits per heavy atom. The van der Waals surface area contributed by atoms with Gasteiger partial charge in [-0.15, -0.1) is 11.8 Å². The lowest BCUT2D eigenvalue weighted by molar-refractivity contribution is -0.143. The first-order valence-electron chi connectivity index (χ1n) is 7.19. The lowest BCUT2D eigenvalue weighted by atomic mass is 10.2.